The zero-order valence-electron chi connectivity index (χ0n) is 8.50. The summed E-state index contributed by atoms with van der Waals surface area (Å²) in [6.45, 7) is 2.17. The number of fused-ring (bicyclic) bond motifs is 3. The second-order valence-electron chi connectivity index (χ2n) is 3.70. The summed E-state index contributed by atoms with van der Waals surface area (Å²) in [6.07, 6.45) is 5.22. The lowest BCUT2D eigenvalue weighted by molar-refractivity contribution is 1.50. The average molecular weight is 210 g/mol. The van der Waals surface area contributed by atoms with Gasteiger partial charge in [0.2, 0.25) is 0 Å². The van der Waals surface area contributed by atoms with Crippen molar-refractivity contribution in [1.29, 1.82) is 0 Å². The van der Waals surface area contributed by atoms with Crippen molar-refractivity contribution in [2.45, 2.75) is 13.3 Å². The van der Waals surface area contributed by atoms with Gasteiger partial charge in [0.05, 0.1) is 4.88 Å². The Morgan fingerprint density at radius 3 is 3.20 bits per heavy atom. The molecule has 0 nitrogen and oxygen atoms in total. The van der Waals surface area contributed by atoms with Crippen molar-refractivity contribution >= 4 is 27.5 Å². The molecule has 0 bridgehead atoms. The van der Waals surface area contributed by atoms with Gasteiger partial charge in [0.1, 0.15) is 0 Å². The molecule has 15 heavy (non-hydrogen) atoms. The predicted octanol–water partition coefficient (Wildman–Crippen LogP) is 3.98. The van der Waals surface area contributed by atoms with Crippen LogP contribution in [-0.2, 0) is 0 Å². The van der Waals surface area contributed by atoms with Gasteiger partial charge in [0.15, 0.2) is 0 Å². The van der Waals surface area contributed by atoms with Crippen LogP contribution in [0.4, 0.5) is 0 Å². The van der Waals surface area contributed by atoms with Crippen molar-refractivity contribution in [3.63, 3.8) is 0 Å². The van der Waals surface area contributed by atoms with Crippen LogP contribution in [0.15, 0.2) is 24.3 Å². The number of hydrogen-bond donors (Lipinski definition) is 0. The quantitative estimate of drug-likeness (QED) is 0.577. The molecule has 0 amide bonds. The fourth-order valence-electron chi connectivity index (χ4n) is 1.97. The molecule has 1 aliphatic rings. The molecule has 3 rings (SSSR count). The minimum absolute atomic E-state index is 0.870. The molecule has 0 unspecified atom stereocenters. The Balaban J connectivity index is 2.48. The van der Waals surface area contributed by atoms with Crippen molar-refractivity contribution in [2.24, 2.45) is 0 Å². The first kappa shape index (κ1) is 8.76. The molecule has 0 radical (unpaired) electrons. The third kappa shape index (κ3) is 1.30. The van der Waals surface area contributed by atoms with E-state index in [2.05, 4.69) is 49.1 Å². The van der Waals surface area contributed by atoms with E-state index >= 15 is 0 Å². The van der Waals surface area contributed by atoms with Gasteiger partial charge in [-0.3, -0.25) is 0 Å². The lowest BCUT2D eigenvalue weighted by atomic mass is 10.1. The number of benzene rings is 1. The number of allylic oxidation sites excluding steroid dienone is 1. The normalized spacial score (nSPS) is 13.1. The summed E-state index contributed by atoms with van der Waals surface area (Å²) in [7, 11) is 0. The van der Waals surface area contributed by atoms with Gasteiger partial charge < -0.3 is 0 Å². The molecule has 0 saturated carbocycles. The van der Waals surface area contributed by atoms with Gasteiger partial charge >= 0.3 is 0 Å². The van der Waals surface area contributed by atoms with Crippen LogP contribution in [0.2, 0.25) is 0 Å². The maximum atomic E-state index is 3.25. The molecule has 0 atom stereocenters. The van der Waals surface area contributed by atoms with Gasteiger partial charge in [-0.25, -0.2) is 0 Å². The highest BCUT2D eigenvalue weighted by atomic mass is 32.1. The van der Waals surface area contributed by atoms with E-state index in [9.17, 15) is 0 Å². The summed E-state index contributed by atoms with van der Waals surface area (Å²) in [4.78, 5) is 1.22. The Bertz CT molecular complexity index is 618. The first-order valence-corrected chi connectivity index (χ1v) is 5.85. The average Bonchev–Trinajstić information content (AvgIpc) is 2.43. The van der Waals surface area contributed by atoms with E-state index in [-0.39, 0.29) is 0 Å². The van der Waals surface area contributed by atoms with E-state index in [1.165, 1.54) is 26.1 Å². The lowest BCUT2D eigenvalue weighted by Crippen LogP contribution is -1.77. The molecule has 72 valence electrons. The predicted molar refractivity (Wildman–Crippen MR) is 67.1 cm³/mol. The monoisotopic (exact) mass is 210 g/mol. The number of rotatable bonds is 0. The van der Waals surface area contributed by atoms with Gasteiger partial charge in [-0.05, 0) is 18.6 Å². The van der Waals surface area contributed by atoms with E-state index < -0.39 is 0 Å². The van der Waals surface area contributed by atoms with Crippen LogP contribution in [0.1, 0.15) is 22.4 Å². The van der Waals surface area contributed by atoms with Crippen molar-refractivity contribution in [3.8, 4) is 11.8 Å². The second kappa shape index (κ2) is 3.25. The highest BCUT2D eigenvalue weighted by molar-refractivity contribution is 7.19. The summed E-state index contributed by atoms with van der Waals surface area (Å²) in [5.41, 5.74) is 2.66. The van der Waals surface area contributed by atoms with E-state index in [4.69, 9.17) is 0 Å². The molecule has 1 heteroatoms. The lowest BCUT2D eigenvalue weighted by Gasteiger charge is -1.97. The molecule has 0 saturated heterocycles. The number of hydrogen-bond acceptors (Lipinski definition) is 1. The molecular weight excluding hydrogens is 200 g/mol. The van der Waals surface area contributed by atoms with Crippen molar-refractivity contribution < 1.29 is 0 Å². The van der Waals surface area contributed by atoms with Crippen LogP contribution in [0.5, 0.6) is 0 Å². The summed E-state index contributed by atoms with van der Waals surface area (Å²) in [5.74, 6) is 6.41. The van der Waals surface area contributed by atoms with Gasteiger partial charge in [0, 0.05) is 22.1 Å². The molecule has 0 aliphatic heterocycles. The first-order valence-electron chi connectivity index (χ1n) is 5.04. The summed E-state index contributed by atoms with van der Waals surface area (Å²) >= 11 is 1.80. The van der Waals surface area contributed by atoms with Crippen LogP contribution < -0.4 is 0 Å². The highest BCUT2D eigenvalue weighted by Gasteiger charge is 2.10. The van der Waals surface area contributed by atoms with Crippen molar-refractivity contribution in [1.82, 2.24) is 0 Å². The highest BCUT2D eigenvalue weighted by Crippen LogP contribution is 2.34. The zero-order chi connectivity index (χ0) is 10.3. The van der Waals surface area contributed by atoms with Crippen LogP contribution in [-0.4, -0.2) is 0 Å². The zero-order valence-corrected chi connectivity index (χ0v) is 9.32. The number of thiophene rings is 1. The Morgan fingerprint density at radius 2 is 2.27 bits per heavy atom. The van der Waals surface area contributed by atoms with Crippen molar-refractivity contribution in [3.05, 3.63) is 40.3 Å². The summed E-state index contributed by atoms with van der Waals surface area (Å²) in [6, 6.07) is 6.46. The minimum atomic E-state index is 0.870. The Morgan fingerprint density at radius 1 is 1.33 bits per heavy atom. The third-order valence-electron chi connectivity index (χ3n) is 2.67. The molecule has 1 aromatic heterocycles. The summed E-state index contributed by atoms with van der Waals surface area (Å²) in [5, 5.41) is 1.38. The Labute approximate surface area is 93.2 Å². The van der Waals surface area contributed by atoms with Crippen LogP contribution in [0.3, 0.4) is 0 Å². The molecule has 0 N–H and O–H groups in total. The third-order valence-corrected chi connectivity index (χ3v) is 3.75. The fourth-order valence-corrected chi connectivity index (χ4v) is 3.11. The maximum absolute atomic E-state index is 3.25. The molecule has 0 spiro atoms. The SMILES string of the molecule is Cc1cccc2sc3c(c12)C=CCC#C3. The molecule has 0 fully saturated rings. The summed E-state index contributed by atoms with van der Waals surface area (Å²) < 4.78 is 1.35. The van der Waals surface area contributed by atoms with Crippen LogP contribution in [0, 0.1) is 18.8 Å². The Hall–Kier alpha value is -1.52. The second-order valence-corrected chi connectivity index (χ2v) is 4.75. The minimum Gasteiger partial charge on any atom is -0.126 e. The van der Waals surface area contributed by atoms with Crippen LogP contribution >= 0.6 is 11.3 Å². The standard InChI is InChI=1S/C14H10S/c1-10-6-5-9-13-14(10)11-7-3-2-4-8-12(11)15-13/h3,5-7,9H,2H2,1H3. The number of aryl methyl sites for hydroxylation is 1. The van der Waals surface area contributed by atoms with Gasteiger partial charge in [-0.2, -0.15) is 0 Å². The van der Waals surface area contributed by atoms with Crippen molar-refractivity contribution in [2.75, 3.05) is 0 Å². The maximum Gasteiger partial charge on any atom is 0.0853 e. The van der Waals surface area contributed by atoms with Gasteiger partial charge in [0.25, 0.3) is 0 Å². The molecule has 1 heterocycles. The van der Waals surface area contributed by atoms with Crippen LogP contribution in [0.25, 0.3) is 16.2 Å². The van der Waals surface area contributed by atoms with E-state index in [0.29, 0.717) is 0 Å². The molecule has 2 aromatic rings. The van der Waals surface area contributed by atoms with E-state index in [0.717, 1.165) is 6.42 Å². The Kier molecular flexibility index (Phi) is 1.90. The van der Waals surface area contributed by atoms with E-state index in [1.807, 2.05) is 0 Å². The van der Waals surface area contributed by atoms with Gasteiger partial charge in [-0.1, -0.05) is 36.1 Å². The van der Waals surface area contributed by atoms with Gasteiger partial charge in [-0.15, -0.1) is 11.3 Å². The fraction of sp³-hybridized carbons (Fsp3) is 0.143. The molecular formula is C14H10S. The molecule has 1 aliphatic carbocycles. The largest absolute Gasteiger partial charge is 0.126 e. The first-order chi connectivity index (χ1) is 7.36. The molecule has 1 aromatic carbocycles. The van der Waals surface area contributed by atoms with E-state index in [1.54, 1.807) is 11.3 Å². The smallest absolute Gasteiger partial charge is 0.0853 e. The topological polar surface area (TPSA) is 0 Å².